The number of aromatic amines is 1. The smallest absolute Gasteiger partial charge is 0.224 e. The molecule has 1 saturated heterocycles. The predicted molar refractivity (Wildman–Crippen MR) is 75.4 cm³/mol. The predicted octanol–water partition coefficient (Wildman–Crippen LogP) is 1.08. The van der Waals surface area contributed by atoms with Crippen molar-refractivity contribution in [3.05, 3.63) is 6.33 Å². The molecule has 2 aliphatic rings. The van der Waals surface area contributed by atoms with E-state index in [1.165, 1.54) is 12.8 Å². The van der Waals surface area contributed by atoms with Crippen LogP contribution >= 0.6 is 0 Å². The zero-order valence-electron chi connectivity index (χ0n) is 11.2. The molecule has 1 aliphatic heterocycles. The third kappa shape index (κ3) is 1.81. The summed E-state index contributed by atoms with van der Waals surface area (Å²) in [6, 6.07) is 0.387. The van der Waals surface area contributed by atoms with Crippen molar-refractivity contribution < 1.29 is 4.74 Å². The Morgan fingerprint density at radius 3 is 3.15 bits per heavy atom. The number of nitrogens with zero attached hydrogens (tertiary/aromatic N) is 4. The summed E-state index contributed by atoms with van der Waals surface area (Å²) in [5, 5.41) is 0. The summed E-state index contributed by atoms with van der Waals surface area (Å²) in [6.45, 7) is 1.58. The minimum Gasteiger partial charge on any atom is -0.374 e. The van der Waals surface area contributed by atoms with Crippen LogP contribution in [0.5, 0.6) is 0 Å². The molecule has 0 aromatic carbocycles. The summed E-state index contributed by atoms with van der Waals surface area (Å²) >= 11 is 0. The van der Waals surface area contributed by atoms with E-state index in [9.17, 15) is 0 Å². The lowest BCUT2D eigenvalue weighted by molar-refractivity contribution is -0.00887. The van der Waals surface area contributed by atoms with Gasteiger partial charge in [-0.2, -0.15) is 9.97 Å². The molecule has 0 amide bonds. The molecule has 3 N–H and O–H groups in total. The minimum atomic E-state index is 0.276. The third-order valence-electron chi connectivity index (χ3n) is 4.29. The Labute approximate surface area is 116 Å². The number of nitrogen functional groups attached to an aromatic ring is 1. The highest BCUT2D eigenvalue weighted by Gasteiger charge is 2.36. The number of hydrogen-bond donors (Lipinski definition) is 2. The minimum absolute atomic E-state index is 0.276. The second-order valence-electron chi connectivity index (χ2n) is 5.46. The van der Waals surface area contributed by atoms with E-state index in [2.05, 4.69) is 24.8 Å². The lowest BCUT2D eigenvalue weighted by Crippen LogP contribution is -2.53. The van der Waals surface area contributed by atoms with Crippen molar-refractivity contribution >= 4 is 22.9 Å². The molecule has 0 radical (unpaired) electrons. The Bertz CT molecular complexity index is 624. The van der Waals surface area contributed by atoms with Crippen LogP contribution in [0.25, 0.3) is 11.2 Å². The molecule has 20 heavy (non-hydrogen) atoms. The number of ether oxygens (including phenoxy) is 1. The lowest BCUT2D eigenvalue weighted by Gasteiger charge is -2.44. The fourth-order valence-electron chi connectivity index (χ4n) is 3.40. The van der Waals surface area contributed by atoms with Crippen molar-refractivity contribution in [3.63, 3.8) is 0 Å². The Balaban J connectivity index is 1.79. The van der Waals surface area contributed by atoms with Gasteiger partial charge in [0.1, 0.15) is 5.52 Å². The van der Waals surface area contributed by atoms with Crippen LogP contribution in [-0.4, -0.2) is 45.2 Å². The number of anilines is 2. The summed E-state index contributed by atoms with van der Waals surface area (Å²) in [4.78, 5) is 18.3. The average molecular weight is 274 g/mol. The number of nitrogens with one attached hydrogen (secondary N) is 1. The first-order chi connectivity index (χ1) is 9.83. The van der Waals surface area contributed by atoms with Crippen LogP contribution in [-0.2, 0) is 4.74 Å². The fourth-order valence-corrected chi connectivity index (χ4v) is 3.40. The maximum atomic E-state index is 5.92. The average Bonchev–Trinajstić information content (AvgIpc) is 2.94. The van der Waals surface area contributed by atoms with E-state index in [-0.39, 0.29) is 5.95 Å². The van der Waals surface area contributed by atoms with Gasteiger partial charge in [-0.25, -0.2) is 4.98 Å². The van der Waals surface area contributed by atoms with E-state index in [1.54, 1.807) is 6.33 Å². The topological polar surface area (TPSA) is 92.9 Å². The number of hydrogen-bond acceptors (Lipinski definition) is 6. The molecule has 3 heterocycles. The van der Waals surface area contributed by atoms with Crippen molar-refractivity contribution in [3.8, 4) is 0 Å². The van der Waals surface area contributed by atoms with Gasteiger partial charge in [0.25, 0.3) is 0 Å². The number of aromatic nitrogens is 4. The summed E-state index contributed by atoms with van der Waals surface area (Å²) in [6.07, 6.45) is 6.72. The number of morpholine rings is 1. The van der Waals surface area contributed by atoms with Gasteiger partial charge < -0.3 is 20.4 Å². The second kappa shape index (κ2) is 4.59. The molecular weight excluding hydrogens is 256 g/mol. The highest BCUT2D eigenvalue weighted by Crippen LogP contribution is 2.33. The number of imidazole rings is 1. The molecule has 2 aromatic rings. The van der Waals surface area contributed by atoms with Gasteiger partial charge in [0, 0.05) is 6.54 Å². The van der Waals surface area contributed by atoms with E-state index < -0.39 is 0 Å². The summed E-state index contributed by atoms with van der Waals surface area (Å²) < 4.78 is 5.92. The monoisotopic (exact) mass is 274 g/mol. The maximum absolute atomic E-state index is 5.92. The quantitative estimate of drug-likeness (QED) is 0.808. The number of fused-ring (bicyclic) bond motifs is 2. The first-order valence-electron chi connectivity index (χ1n) is 7.18. The number of rotatable bonds is 1. The molecule has 7 nitrogen and oxygen atoms in total. The highest BCUT2D eigenvalue weighted by molar-refractivity contribution is 5.84. The molecule has 2 atom stereocenters. The summed E-state index contributed by atoms with van der Waals surface area (Å²) in [7, 11) is 0. The number of H-pyrrole nitrogens is 1. The van der Waals surface area contributed by atoms with Crippen molar-refractivity contribution in [2.45, 2.75) is 37.8 Å². The first kappa shape index (κ1) is 11.9. The van der Waals surface area contributed by atoms with Crippen molar-refractivity contribution in [1.82, 2.24) is 19.9 Å². The van der Waals surface area contributed by atoms with Gasteiger partial charge in [0.05, 0.1) is 25.1 Å². The summed E-state index contributed by atoms with van der Waals surface area (Å²) in [5.74, 6) is 1.14. The molecule has 0 bridgehead atoms. The Morgan fingerprint density at radius 2 is 2.20 bits per heavy atom. The largest absolute Gasteiger partial charge is 0.374 e. The Morgan fingerprint density at radius 1 is 1.30 bits per heavy atom. The van der Waals surface area contributed by atoms with Crippen molar-refractivity contribution in [1.29, 1.82) is 0 Å². The van der Waals surface area contributed by atoms with E-state index in [1.807, 2.05) is 0 Å². The fraction of sp³-hybridized carbons (Fsp3) is 0.615. The Hall–Kier alpha value is -1.89. The molecule has 7 heteroatoms. The maximum Gasteiger partial charge on any atom is 0.224 e. The van der Waals surface area contributed by atoms with Crippen molar-refractivity contribution in [2.24, 2.45) is 0 Å². The molecule has 2 aromatic heterocycles. The van der Waals surface area contributed by atoms with E-state index in [4.69, 9.17) is 10.5 Å². The van der Waals surface area contributed by atoms with Gasteiger partial charge in [-0.15, -0.1) is 0 Å². The van der Waals surface area contributed by atoms with Gasteiger partial charge in [-0.1, -0.05) is 12.8 Å². The second-order valence-corrected chi connectivity index (χ2v) is 5.46. The summed E-state index contributed by atoms with van der Waals surface area (Å²) in [5.41, 5.74) is 7.32. The molecule has 4 rings (SSSR count). The SMILES string of the molecule is Nc1nc(N2CCOC3CCCCC32)c2[nH]cnc2n1. The van der Waals surface area contributed by atoms with Gasteiger partial charge in [0.2, 0.25) is 5.95 Å². The molecule has 106 valence electrons. The van der Waals surface area contributed by atoms with E-state index in [0.717, 1.165) is 37.3 Å². The van der Waals surface area contributed by atoms with Crippen LogP contribution in [0.3, 0.4) is 0 Å². The first-order valence-corrected chi connectivity index (χ1v) is 7.18. The standard InChI is InChI=1S/C13H18N6O/c14-13-17-11-10(15-7-16-11)12(18-13)19-5-6-20-9-4-2-1-3-8(9)19/h7-9H,1-6H2,(H3,14,15,16,17,18). The van der Waals surface area contributed by atoms with Crippen molar-refractivity contribution in [2.75, 3.05) is 23.8 Å². The van der Waals surface area contributed by atoms with Gasteiger partial charge in [-0.05, 0) is 12.8 Å². The zero-order chi connectivity index (χ0) is 13.5. The van der Waals surface area contributed by atoms with Crippen LogP contribution in [0.1, 0.15) is 25.7 Å². The van der Waals surface area contributed by atoms with Crippen LogP contribution in [0.2, 0.25) is 0 Å². The third-order valence-corrected chi connectivity index (χ3v) is 4.29. The molecule has 1 saturated carbocycles. The highest BCUT2D eigenvalue weighted by atomic mass is 16.5. The molecule has 2 fully saturated rings. The van der Waals surface area contributed by atoms with Gasteiger partial charge in [0.15, 0.2) is 11.5 Å². The zero-order valence-corrected chi connectivity index (χ0v) is 11.2. The molecule has 1 aliphatic carbocycles. The molecule has 0 spiro atoms. The normalized spacial score (nSPS) is 26.7. The van der Waals surface area contributed by atoms with Crippen LogP contribution in [0.4, 0.5) is 11.8 Å². The number of nitrogens with two attached hydrogens (primary N) is 1. The van der Waals surface area contributed by atoms with Crippen LogP contribution < -0.4 is 10.6 Å². The van der Waals surface area contributed by atoms with E-state index in [0.29, 0.717) is 17.8 Å². The van der Waals surface area contributed by atoms with Crippen LogP contribution in [0, 0.1) is 0 Å². The molecular formula is C13H18N6O. The van der Waals surface area contributed by atoms with E-state index >= 15 is 0 Å². The van der Waals surface area contributed by atoms with Crippen LogP contribution in [0.15, 0.2) is 6.33 Å². The van der Waals surface area contributed by atoms with Gasteiger partial charge >= 0.3 is 0 Å². The lowest BCUT2D eigenvalue weighted by atomic mass is 9.90. The Kier molecular flexibility index (Phi) is 2.73. The molecule has 2 unspecified atom stereocenters. The van der Waals surface area contributed by atoms with Gasteiger partial charge in [-0.3, -0.25) is 0 Å².